The third kappa shape index (κ3) is 5.09. The zero-order valence-corrected chi connectivity index (χ0v) is 11.3. The van der Waals surface area contributed by atoms with Crippen molar-refractivity contribution in [3.63, 3.8) is 0 Å². The Labute approximate surface area is 114 Å². The van der Waals surface area contributed by atoms with Gasteiger partial charge in [0.25, 0.3) is 0 Å². The van der Waals surface area contributed by atoms with Crippen LogP contribution >= 0.6 is 0 Å². The van der Waals surface area contributed by atoms with E-state index in [1.807, 2.05) is 0 Å². The van der Waals surface area contributed by atoms with Crippen molar-refractivity contribution in [3.05, 3.63) is 24.3 Å². The van der Waals surface area contributed by atoms with E-state index in [9.17, 15) is 5.11 Å². The first-order chi connectivity index (χ1) is 9.24. The summed E-state index contributed by atoms with van der Waals surface area (Å²) in [6.45, 7) is 1.35. The zero-order valence-electron chi connectivity index (χ0n) is 11.3. The van der Waals surface area contributed by atoms with Gasteiger partial charge in [0.15, 0.2) is 0 Å². The third-order valence-electron chi connectivity index (χ3n) is 3.46. The van der Waals surface area contributed by atoms with Gasteiger partial charge in [-0.3, -0.25) is 0 Å². The average Bonchev–Trinajstić information content (AvgIpc) is 2.91. The number of aliphatic hydroxyl groups is 1. The molecule has 1 aliphatic carbocycles. The van der Waals surface area contributed by atoms with Crippen LogP contribution in [0.2, 0.25) is 0 Å². The van der Waals surface area contributed by atoms with Crippen molar-refractivity contribution in [2.24, 2.45) is 5.92 Å². The number of nitrogens with two attached hydrogens (primary N) is 1. The molecule has 1 aliphatic rings. The van der Waals surface area contributed by atoms with E-state index in [2.05, 4.69) is 0 Å². The first-order valence-electron chi connectivity index (χ1n) is 6.98. The lowest BCUT2D eigenvalue weighted by molar-refractivity contribution is 0.00114. The molecule has 106 valence electrons. The van der Waals surface area contributed by atoms with Crippen LogP contribution in [0.15, 0.2) is 24.3 Å². The first kappa shape index (κ1) is 14.2. The van der Waals surface area contributed by atoms with Crippen LogP contribution in [0, 0.1) is 5.92 Å². The minimum Gasteiger partial charge on any atom is -0.491 e. The molecule has 4 nitrogen and oxygen atoms in total. The number of benzene rings is 1. The summed E-state index contributed by atoms with van der Waals surface area (Å²) < 4.78 is 11.0. The molecule has 0 aromatic heterocycles. The van der Waals surface area contributed by atoms with Gasteiger partial charge in [0.2, 0.25) is 0 Å². The van der Waals surface area contributed by atoms with Crippen molar-refractivity contribution in [2.75, 3.05) is 25.6 Å². The van der Waals surface area contributed by atoms with Crippen molar-refractivity contribution < 1.29 is 14.6 Å². The number of ether oxygens (including phenoxy) is 2. The highest BCUT2D eigenvalue weighted by molar-refractivity contribution is 5.41. The van der Waals surface area contributed by atoms with Gasteiger partial charge in [-0.05, 0) is 43.0 Å². The molecule has 1 aromatic rings. The Morgan fingerprint density at radius 2 is 1.84 bits per heavy atom. The second-order valence-electron chi connectivity index (χ2n) is 5.22. The molecule has 1 unspecified atom stereocenters. The number of aliphatic hydroxyl groups excluding tert-OH is 1. The molecule has 0 saturated heterocycles. The van der Waals surface area contributed by atoms with E-state index in [1.165, 1.54) is 25.7 Å². The Kier molecular flexibility index (Phi) is 5.48. The maximum Gasteiger partial charge on any atom is 0.119 e. The molecule has 0 aliphatic heterocycles. The second kappa shape index (κ2) is 7.36. The summed E-state index contributed by atoms with van der Waals surface area (Å²) in [7, 11) is 0. The minimum atomic E-state index is -0.584. The van der Waals surface area contributed by atoms with E-state index in [0.717, 1.165) is 6.61 Å². The van der Waals surface area contributed by atoms with E-state index in [-0.39, 0.29) is 6.61 Å². The molecule has 0 spiro atoms. The van der Waals surface area contributed by atoms with Gasteiger partial charge in [0.1, 0.15) is 18.5 Å². The fourth-order valence-corrected chi connectivity index (χ4v) is 2.35. The monoisotopic (exact) mass is 265 g/mol. The molecule has 4 heteroatoms. The fraction of sp³-hybridized carbons (Fsp3) is 0.600. The summed E-state index contributed by atoms with van der Waals surface area (Å²) in [4.78, 5) is 0. The standard InChI is InChI=1S/C15H23NO3/c16-13-5-7-15(8-6-13)19-11-14(17)10-18-9-12-3-1-2-4-12/h5-8,12,14,17H,1-4,9-11,16H2. The Morgan fingerprint density at radius 1 is 1.16 bits per heavy atom. The van der Waals surface area contributed by atoms with Gasteiger partial charge in [0.05, 0.1) is 6.61 Å². The first-order valence-corrected chi connectivity index (χ1v) is 6.98. The fourth-order valence-electron chi connectivity index (χ4n) is 2.35. The van der Waals surface area contributed by atoms with Gasteiger partial charge < -0.3 is 20.3 Å². The highest BCUT2D eigenvalue weighted by atomic mass is 16.5. The predicted octanol–water partition coefficient (Wildman–Crippen LogP) is 2.22. The predicted molar refractivity (Wildman–Crippen MR) is 75.1 cm³/mol. The van der Waals surface area contributed by atoms with Crippen molar-refractivity contribution >= 4 is 5.69 Å². The quantitative estimate of drug-likeness (QED) is 0.742. The van der Waals surface area contributed by atoms with Gasteiger partial charge in [-0.2, -0.15) is 0 Å². The van der Waals surface area contributed by atoms with Gasteiger partial charge >= 0.3 is 0 Å². The lowest BCUT2D eigenvalue weighted by Crippen LogP contribution is -2.24. The second-order valence-corrected chi connectivity index (χ2v) is 5.22. The Hall–Kier alpha value is -1.26. The molecule has 1 atom stereocenters. The zero-order chi connectivity index (χ0) is 13.5. The van der Waals surface area contributed by atoms with Gasteiger partial charge in [-0.15, -0.1) is 0 Å². The molecule has 1 saturated carbocycles. The molecular formula is C15H23NO3. The number of nitrogen functional groups attached to an aromatic ring is 1. The third-order valence-corrected chi connectivity index (χ3v) is 3.46. The van der Waals surface area contributed by atoms with Gasteiger partial charge in [-0.1, -0.05) is 12.8 Å². The van der Waals surface area contributed by atoms with Crippen molar-refractivity contribution in [1.29, 1.82) is 0 Å². The van der Waals surface area contributed by atoms with Crippen molar-refractivity contribution in [1.82, 2.24) is 0 Å². The van der Waals surface area contributed by atoms with Crippen LogP contribution in [0.5, 0.6) is 5.75 Å². The normalized spacial score (nSPS) is 17.5. The SMILES string of the molecule is Nc1ccc(OCC(O)COCC2CCCC2)cc1. The van der Waals surface area contributed by atoms with E-state index in [1.54, 1.807) is 24.3 Å². The number of hydrogen-bond donors (Lipinski definition) is 2. The maximum atomic E-state index is 9.76. The summed E-state index contributed by atoms with van der Waals surface area (Å²) >= 11 is 0. The summed E-state index contributed by atoms with van der Waals surface area (Å²) in [5, 5.41) is 9.76. The van der Waals surface area contributed by atoms with Crippen LogP contribution in [0.4, 0.5) is 5.69 Å². The lowest BCUT2D eigenvalue weighted by atomic mass is 10.1. The highest BCUT2D eigenvalue weighted by Gasteiger charge is 2.15. The maximum absolute atomic E-state index is 9.76. The van der Waals surface area contributed by atoms with E-state index < -0.39 is 6.10 Å². The van der Waals surface area contributed by atoms with Crippen LogP contribution in [0.1, 0.15) is 25.7 Å². The topological polar surface area (TPSA) is 64.7 Å². The van der Waals surface area contributed by atoms with E-state index >= 15 is 0 Å². The molecule has 0 bridgehead atoms. The lowest BCUT2D eigenvalue weighted by Gasteiger charge is -2.15. The van der Waals surface area contributed by atoms with Gasteiger partial charge in [0, 0.05) is 12.3 Å². The molecule has 0 heterocycles. The smallest absolute Gasteiger partial charge is 0.119 e. The summed E-state index contributed by atoms with van der Waals surface area (Å²) in [6.07, 6.45) is 4.57. The molecule has 2 rings (SSSR count). The van der Waals surface area contributed by atoms with Gasteiger partial charge in [-0.25, -0.2) is 0 Å². The molecule has 19 heavy (non-hydrogen) atoms. The molecule has 3 N–H and O–H groups in total. The highest BCUT2D eigenvalue weighted by Crippen LogP contribution is 2.24. The van der Waals surface area contributed by atoms with E-state index in [0.29, 0.717) is 24.0 Å². The number of rotatable bonds is 7. The number of hydrogen-bond acceptors (Lipinski definition) is 4. The minimum absolute atomic E-state index is 0.245. The van der Waals surface area contributed by atoms with Crippen molar-refractivity contribution in [2.45, 2.75) is 31.8 Å². The molecule has 0 radical (unpaired) electrons. The van der Waals surface area contributed by atoms with Crippen molar-refractivity contribution in [3.8, 4) is 5.75 Å². The molecule has 1 fully saturated rings. The van der Waals surface area contributed by atoms with Crippen LogP contribution in [-0.2, 0) is 4.74 Å². The van der Waals surface area contributed by atoms with Crippen LogP contribution in [0.25, 0.3) is 0 Å². The summed E-state index contributed by atoms with van der Waals surface area (Å²) in [6, 6.07) is 7.14. The largest absolute Gasteiger partial charge is 0.491 e. The Morgan fingerprint density at radius 3 is 2.53 bits per heavy atom. The van der Waals surface area contributed by atoms with E-state index in [4.69, 9.17) is 15.2 Å². The molecule has 1 aromatic carbocycles. The summed E-state index contributed by atoms with van der Waals surface area (Å²) in [5.41, 5.74) is 6.28. The van der Waals surface area contributed by atoms with Crippen LogP contribution < -0.4 is 10.5 Å². The van der Waals surface area contributed by atoms with Crippen LogP contribution in [-0.4, -0.2) is 31.0 Å². The Bertz CT molecular complexity index is 360. The number of anilines is 1. The molecular weight excluding hydrogens is 242 g/mol. The van der Waals surface area contributed by atoms with Crippen LogP contribution in [0.3, 0.4) is 0 Å². The molecule has 0 amide bonds. The average molecular weight is 265 g/mol. The summed E-state index contributed by atoms with van der Waals surface area (Å²) in [5.74, 6) is 1.40. The Balaban J connectivity index is 1.58.